The fourth-order valence-electron chi connectivity index (χ4n) is 3.09. The van der Waals surface area contributed by atoms with E-state index in [0.717, 1.165) is 49.0 Å². The zero-order valence-electron chi connectivity index (χ0n) is 13.4. The molecule has 1 heterocycles. The van der Waals surface area contributed by atoms with E-state index in [1.165, 1.54) is 18.4 Å². The summed E-state index contributed by atoms with van der Waals surface area (Å²) in [7, 11) is 0. The minimum absolute atomic E-state index is 0.0829. The molecule has 0 atom stereocenters. The third kappa shape index (κ3) is 4.26. The average Bonchev–Trinajstić information content (AvgIpc) is 3.39. The number of rotatable bonds is 6. The number of nitrogens with zero attached hydrogens (tertiary/aromatic N) is 1. The lowest BCUT2D eigenvalue weighted by molar-refractivity contribution is 0.0909. The molecule has 120 valence electrons. The third-order valence-electron chi connectivity index (χ3n) is 4.62. The van der Waals surface area contributed by atoms with Gasteiger partial charge >= 0.3 is 0 Å². The van der Waals surface area contributed by atoms with Crippen molar-refractivity contribution in [2.45, 2.75) is 50.4 Å². The van der Waals surface area contributed by atoms with Crippen LogP contribution in [0.25, 0.3) is 0 Å². The summed E-state index contributed by atoms with van der Waals surface area (Å²) < 4.78 is 0. The highest BCUT2D eigenvalue weighted by Gasteiger charge is 2.32. The summed E-state index contributed by atoms with van der Waals surface area (Å²) in [6, 6.07) is 9.27. The van der Waals surface area contributed by atoms with Gasteiger partial charge in [-0.15, -0.1) is 0 Å². The summed E-state index contributed by atoms with van der Waals surface area (Å²) in [4.78, 5) is 14.9. The maximum Gasteiger partial charge on any atom is 0.251 e. The Labute approximate surface area is 137 Å². The molecule has 3 nitrogen and oxygen atoms in total. The number of benzene rings is 1. The fraction of sp³-hybridized carbons (Fsp3) is 0.611. The van der Waals surface area contributed by atoms with E-state index in [1.54, 1.807) is 0 Å². The van der Waals surface area contributed by atoms with Gasteiger partial charge in [-0.1, -0.05) is 19.1 Å². The van der Waals surface area contributed by atoms with E-state index in [-0.39, 0.29) is 5.91 Å². The monoisotopic (exact) mass is 318 g/mol. The summed E-state index contributed by atoms with van der Waals surface area (Å²) in [5.41, 5.74) is 2.08. The molecule has 22 heavy (non-hydrogen) atoms. The minimum Gasteiger partial charge on any atom is -0.349 e. The van der Waals surface area contributed by atoms with E-state index < -0.39 is 0 Å². The molecule has 1 aliphatic carbocycles. The summed E-state index contributed by atoms with van der Waals surface area (Å²) >= 11 is 1.91. The van der Waals surface area contributed by atoms with E-state index in [4.69, 9.17) is 0 Å². The van der Waals surface area contributed by atoms with Crippen LogP contribution >= 0.6 is 11.8 Å². The number of hydrogen-bond acceptors (Lipinski definition) is 3. The van der Waals surface area contributed by atoms with Crippen LogP contribution in [0, 0.1) is 0 Å². The molecule has 1 aromatic carbocycles. The first-order valence-electron chi connectivity index (χ1n) is 8.48. The van der Waals surface area contributed by atoms with Gasteiger partial charge in [0.2, 0.25) is 0 Å². The van der Waals surface area contributed by atoms with Gasteiger partial charge in [-0.3, -0.25) is 4.79 Å². The number of piperidine rings is 1. The van der Waals surface area contributed by atoms with Gasteiger partial charge in [-0.25, -0.2) is 0 Å². The van der Waals surface area contributed by atoms with Gasteiger partial charge in [0.05, 0.1) is 0 Å². The van der Waals surface area contributed by atoms with E-state index in [1.807, 2.05) is 23.9 Å². The molecule has 0 bridgehead atoms. The van der Waals surface area contributed by atoms with E-state index >= 15 is 0 Å². The molecule has 1 saturated carbocycles. The molecular formula is C18H26N2OS. The Kier molecular flexibility index (Phi) is 5.42. The van der Waals surface area contributed by atoms with Crippen molar-refractivity contribution < 1.29 is 4.79 Å². The summed E-state index contributed by atoms with van der Waals surface area (Å²) in [5.74, 6) is 2.24. The van der Waals surface area contributed by atoms with Gasteiger partial charge in [-0.05, 0) is 49.1 Å². The molecule has 2 fully saturated rings. The normalized spacial score (nSPS) is 20.0. The van der Waals surface area contributed by atoms with Crippen molar-refractivity contribution in [1.29, 1.82) is 0 Å². The lowest BCUT2D eigenvalue weighted by Crippen LogP contribution is -2.45. The quantitative estimate of drug-likeness (QED) is 0.873. The van der Waals surface area contributed by atoms with Crippen LogP contribution in [0.3, 0.4) is 0 Å². The van der Waals surface area contributed by atoms with Crippen LogP contribution in [0.2, 0.25) is 0 Å². The standard InChI is InChI=1S/C18H26N2OS/c1-2-22-13-14-3-5-15(6-4-14)18(21)19-16-9-11-20(12-10-16)17-7-8-17/h3-6,16-17H,2,7-13H2,1H3,(H,19,21). The van der Waals surface area contributed by atoms with Crippen molar-refractivity contribution >= 4 is 17.7 Å². The molecule has 0 radical (unpaired) electrons. The van der Waals surface area contributed by atoms with Crippen molar-refractivity contribution in [2.24, 2.45) is 0 Å². The molecule has 3 rings (SSSR count). The van der Waals surface area contributed by atoms with Crippen LogP contribution in [0.4, 0.5) is 0 Å². The molecule has 1 saturated heterocycles. The SMILES string of the molecule is CCSCc1ccc(C(=O)NC2CCN(C3CC3)CC2)cc1. The zero-order chi connectivity index (χ0) is 15.4. The number of amides is 1. The minimum atomic E-state index is 0.0829. The largest absolute Gasteiger partial charge is 0.349 e. The lowest BCUT2D eigenvalue weighted by Gasteiger charge is -2.32. The lowest BCUT2D eigenvalue weighted by atomic mass is 10.0. The molecule has 4 heteroatoms. The third-order valence-corrected chi connectivity index (χ3v) is 5.56. The average molecular weight is 318 g/mol. The first-order valence-corrected chi connectivity index (χ1v) is 9.63. The maximum atomic E-state index is 12.3. The highest BCUT2D eigenvalue weighted by atomic mass is 32.2. The number of carbonyl (C=O) groups is 1. The van der Waals surface area contributed by atoms with E-state index in [2.05, 4.69) is 29.3 Å². The van der Waals surface area contributed by atoms with Gasteiger partial charge in [0.15, 0.2) is 0 Å². The second kappa shape index (κ2) is 7.51. The van der Waals surface area contributed by atoms with Gasteiger partial charge in [0.1, 0.15) is 0 Å². The van der Waals surface area contributed by atoms with E-state index in [0.29, 0.717) is 6.04 Å². The predicted octanol–water partition coefficient (Wildman–Crippen LogP) is 3.30. The Balaban J connectivity index is 1.47. The van der Waals surface area contributed by atoms with Crippen LogP contribution in [0.5, 0.6) is 0 Å². The molecule has 2 aliphatic rings. The second-order valence-electron chi connectivity index (χ2n) is 6.35. The molecule has 1 aliphatic heterocycles. The summed E-state index contributed by atoms with van der Waals surface area (Å²) in [6.45, 7) is 4.45. The Bertz CT molecular complexity index is 490. The number of nitrogens with one attached hydrogen (secondary N) is 1. The summed E-state index contributed by atoms with van der Waals surface area (Å²) in [5, 5.41) is 3.21. The van der Waals surface area contributed by atoms with Crippen LogP contribution < -0.4 is 5.32 Å². The Hall–Kier alpha value is -1.00. The molecule has 0 unspecified atom stereocenters. The van der Waals surface area contributed by atoms with Gasteiger partial charge in [0, 0.05) is 36.5 Å². The Morgan fingerprint density at radius 2 is 1.86 bits per heavy atom. The molecule has 1 amide bonds. The van der Waals surface area contributed by atoms with Gasteiger partial charge in [-0.2, -0.15) is 11.8 Å². The number of likely N-dealkylation sites (tertiary alicyclic amines) is 1. The molecular weight excluding hydrogens is 292 g/mol. The summed E-state index contributed by atoms with van der Waals surface area (Å²) in [6.07, 6.45) is 4.93. The Morgan fingerprint density at radius 1 is 1.18 bits per heavy atom. The van der Waals surface area contributed by atoms with Crippen molar-refractivity contribution in [3.8, 4) is 0 Å². The van der Waals surface area contributed by atoms with Crippen LogP contribution in [-0.2, 0) is 5.75 Å². The second-order valence-corrected chi connectivity index (χ2v) is 7.62. The van der Waals surface area contributed by atoms with Crippen LogP contribution in [0.15, 0.2) is 24.3 Å². The number of thioether (sulfide) groups is 1. The fourth-order valence-corrected chi connectivity index (χ4v) is 3.72. The van der Waals surface area contributed by atoms with Crippen LogP contribution in [-0.4, -0.2) is 41.7 Å². The van der Waals surface area contributed by atoms with E-state index in [9.17, 15) is 4.79 Å². The van der Waals surface area contributed by atoms with Crippen molar-refractivity contribution in [3.63, 3.8) is 0 Å². The topological polar surface area (TPSA) is 32.3 Å². The van der Waals surface area contributed by atoms with Crippen molar-refractivity contribution in [3.05, 3.63) is 35.4 Å². The highest BCUT2D eigenvalue weighted by molar-refractivity contribution is 7.98. The first-order chi connectivity index (χ1) is 10.8. The number of carbonyl (C=O) groups excluding carboxylic acids is 1. The number of hydrogen-bond donors (Lipinski definition) is 1. The van der Waals surface area contributed by atoms with Crippen molar-refractivity contribution in [1.82, 2.24) is 10.2 Å². The van der Waals surface area contributed by atoms with Gasteiger partial charge in [0.25, 0.3) is 5.91 Å². The highest BCUT2D eigenvalue weighted by Crippen LogP contribution is 2.29. The predicted molar refractivity (Wildman–Crippen MR) is 93.4 cm³/mol. The molecule has 0 aromatic heterocycles. The Morgan fingerprint density at radius 3 is 2.45 bits per heavy atom. The van der Waals surface area contributed by atoms with Crippen LogP contribution in [0.1, 0.15) is 48.5 Å². The molecule has 0 spiro atoms. The van der Waals surface area contributed by atoms with Gasteiger partial charge < -0.3 is 10.2 Å². The smallest absolute Gasteiger partial charge is 0.251 e. The zero-order valence-corrected chi connectivity index (χ0v) is 14.2. The molecule has 1 aromatic rings. The maximum absolute atomic E-state index is 12.3. The van der Waals surface area contributed by atoms with Crippen molar-refractivity contribution in [2.75, 3.05) is 18.8 Å². The molecule has 1 N–H and O–H groups in total. The first kappa shape index (κ1) is 15.9.